The van der Waals surface area contributed by atoms with Gasteiger partial charge in [0.05, 0.1) is 23.9 Å². The number of phenols is 1. The van der Waals surface area contributed by atoms with Crippen LogP contribution in [0.2, 0.25) is 0 Å². The van der Waals surface area contributed by atoms with Crippen molar-refractivity contribution in [2.24, 2.45) is 0 Å². The molecule has 0 aliphatic rings. The standard InChI is InChI=1S/C14H12N2O4/c17-12-3-1-9(2-4-12)5-13(18)16-11-6-10(14(19)20)7-15-8-11/h1-4,6-8,17H,5H2,(H,16,18)(H,19,20). The number of hydrogen-bond acceptors (Lipinski definition) is 4. The van der Waals surface area contributed by atoms with E-state index in [0.29, 0.717) is 5.69 Å². The van der Waals surface area contributed by atoms with Gasteiger partial charge in [0.15, 0.2) is 0 Å². The summed E-state index contributed by atoms with van der Waals surface area (Å²) in [6.45, 7) is 0. The maximum absolute atomic E-state index is 11.8. The lowest BCUT2D eigenvalue weighted by Crippen LogP contribution is -2.15. The number of rotatable bonds is 4. The number of anilines is 1. The molecule has 0 spiro atoms. The minimum absolute atomic E-state index is 0.00688. The number of carbonyl (C=O) groups is 2. The van der Waals surface area contributed by atoms with E-state index in [1.54, 1.807) is 12.1 Å². The van der Waals surface area contributed by atoms with E-state index in [1.807, 2.05) is 0 Å². The summed E-state index contributed by atoms with van der Waals surface area (Å²) in [5.41, 5.74) is 1.07. The van der Waals surface area contributed by atoms with Gasteiger partial charge in [0.2, 0.25) is 5.91 Å². The number of aromatic hydroxyl groups is 1. The van der Waals surface area contributed by atoms with Gasteiger partial charge in [-0.05, 0) is 23.8 Å². The van der Waals surface area contributed by atoms with Crippen molar-refractivity contribution in [3.05, 3.63) is 53.9 Å². The van der Waals surface area contributed by atoms with Crippen LogP contribution in [0.4, 0.5) is 5.69 Å². The molecule has 2 rings (SSSR count). The summed E-state index contributed by atoms with van der Waals surface area (Å²) in [7, 11) is 0. The Kier molecular flexibility index (Phi) is 3.95. The molecule has 102 valence electrons. The Bertz CT molecular complexity index is 638. The van der Waals surface area contributed by atoms with E-state index in [-0.39, 0.29) is 23.6 Å². The molecule has 1 amide bonds. The topological polar surface area (TPSA) is 99.5 Å². The van der Waals surface area contributed by atoms with Crippen molar-refractivity contribution in [3.8, 4) is 5.75 Å². The molecule has 20 heavy (non-hydrogen) atoms. The molecular weight excluding hydrogens is 260 g/mol. The molecule has 6 heteroatoms. The zero-order valence-corrected chi connectivity index (χ0v) is 10.4. The lowest BCUT2D eigenvalue weighted by atomic mass is 10.1. The van der Waals surface area contributed by atoms with Gasteiger partial charge in [-0.1, -0.05) is 12.1 Å². The van der Waals surface area contributed by atoms with Crippen LogP contribution in [0.5, 0.6) is 5.75 Å². The lowest BCUT2D eigenvalue weighted by Gasteiger charge is -2.05. The lowest BCUT2D eigenvalue weighted by molar-refractivity contribution is -0.115. The number of carbonyl (C=O) groups excluding carboxylic acids is 1. The Labute approximate surface area is 114 Å². The number of amides is 1. The monoisotopic (exact) mass is 272 g/mol. The largest absolute Gasteiger partial charge is 0.508 e. The highest BCUT2D eigenvalue weighted by molar-refractivity contribution is 5.94. The maximum atomic E-state index is 11.8. The van der Waals surface area contributed by atoms with Crippen LogP contribution in [0, 0.1) is 0 Å². The highest BCUT2D eigenvalue weighted by Crippen LogP contribution is 2.12. The zero-order chi connectivity index (χ0) is 14.5. The van der Waals surface area contributed by atoms with E-state index < -0.39 is 5.97 Å². The Morgan fingerprint density at radius 2 is 1.85 bits per heavy atom. The van der Waals surface area contributed by atoms with Crippen LogP contribution < -0.4 is 5.32 Å². The number of hydrogen-bond donors (Lipinski definition) is 3. The molecular formula is C14H12N2O4. The first kappa shape index (κ1) is 13.5. The summed E-state index contributed by atoms with van der Waals surface area (Å²) in [6, 6.07) is 7.61. The number of phenolic OH excluding ortho intramolecular Hbond substituents is 1. The average molecular weight is 272 g/mol. The van der Waals surface area contributed by atoms with E-state index in [1.165, 1.54) is 30.6 Å². The first-order valence-electron chi connectivity index (χ1n) is 5.81. The van der Waals surface area contributed by atoms with Gasteiger partial charge in [-0.15, -0.1) is 0 Å². The smallest absolute Gasteiger partial charge is 0.337 e. The van der Waals surface area contributed by atoms with Crippen molar-refractivity contribution in [2.75, 3.05) is 5.32 Å². The highest BCUT2D eigenvalue weighted by atomic mass is 16.4. The Hall–Kier alpha value is -2.89. The maximum Gasteiger partial charge on any atom is 0.337 e. The van der Waals surface area contributed by atoms with Gasteiger partial charge in [-0.2, -0.15) is 0 Å². The molecule has 0 aliphatic carbocycles. The minimum atomic E-state index is -1.10. The number of carboxylic acids is 1. The molecule has 2 aromatic rings. The highest BCUT2D eigenvalue weighted by Gasteiger charge is 2.08. The van der Waals surface area contributed by atoms with Gasteiger partial charge in [-0.25, -0.2) is 4.79 Å². The third kappa shape index (κ3) is 3.55. The summed E-state index contributed by atoms with van der Waals surface area (Å²) < 4.78 is 0. The van der Waals surface area contributed by atoms with Crippen molar-refractivity contribution >= 4 is 17.6 Å². The Balaban J connectivity index is 2.02. The number of pyridine rings is 1. The fraction of sp³-hybridized carbons (Fsp3) is 0.0714. The molecule has 1 heterocycles. The number of aromatic carboxylic acids is 1. The number of aromatic nitrogens is 1. The molecule has 1 aromatic heterocycles. The fourth-order valence-corrected chi connectivity index (χ4v) is 1.63. The molecule has 0 unspecified atom stereocenters. The molecule has 0 atom stereocenters. The zero-order valence-electron chi connectivity index (χ0n) is 10.4. The van der Waals surface area contributed by atoms with Crippen LogP contribution in [0.1, 0.15) is 15.9 Å². The van der Waals surface area contributed by atoms with E-state index in [2.05, 4.69) is 10.3 Å². The van der Waals surface area contributed by atoms with Crippen molar-refractivity contribution in [3.63, 3.8) is 0 Å². The molecule has 0 radical (unpaired) electrons. The average Bonchev–Trinajstić information content (AvgIpc) is 2.41. The molecule has 0 fully saturated rings. The summed E-state index contributed by atoms with van der Waals surface area (Å²) in [6.07, 6.45) is 2.71. The number of benzene rings is 1. The fourth-order valence-electron chi connectivity index (χ4n) is 1.63. The van der Waals surface area contributed by atoms with E-state index in [4.69, 9.17) is 10.2 Å². The van der Waals surface area contributed by atoms with Gasteiger partial charge in [0.1, 0.15) is 5.75 Å². The first-order chi connectivity index (χ1) is 9.54. The number of nitrogens with one attached hydrogen (secondary N) is 1. The van der Waals surface area contributed by atoms with Crippen molar-refractivity contribution in [2.45, 2.75) is 6.42 Å². The summed E-state index contributed by atoms with van der Waals surface area (Å²) in [4.78, 5) is 26.3. The predicted octanol–water partition coefficient (Wildman–Crippen LogP) is 1.67. The molecule has 6 nitrogen and oxygen atoms in total. The minimum Gasteiger partial charge on any atom is -0.508 e. The van der Waals surface area contributed by atoms with Crippen LogP contribution in [0.15, 0.2) is 42.7 Å². The SMILES string of the molecule is O=C(Cc1ccc(O)cc1)Nc1cncc(C(=O)O)c1. The quantitative estimate of drug-likeness (QED) is 0.786. The summed E-state index contributed by atoms with van der Waals surface area (Å²) in [5.74, 6) is -1.26. The number of carboxylic acid groups (broad SMARTS) is 1. The molecule has 0 saturated heterocycles. The molecule has 0 saturated carbocycles. The van der Waals surface area contributed by atoms with Crippen molar-refractivity contribution < 1.29 is 19.8 Å². The third-order valence-corrected chi connectivity index (χ3v) is 2.57. The van der Waals surface area contributed by atoms with Crippen molar-refractivity contribution in [1.82, 2.24) is 4.98 Å². The van der Waals surface area contributed by atoms with Crippen LogP contribution in [-0.2, 0) is 11.2 Å². The van der Waals surface area contributed by atoms with Gasteiger partial charge in [0.25, 0.3) is 0 Å². The second kappa shape index (κ2) is 5.83. The van der Waals surface area contributed by atoms with Crippen LogP contribution in [0.3, 0.4) is 0 Å². The molecule has 3 N–H and O–H groups in total. The van der Waals surface area contributed by atoms with Gasteiger partial charge in [0, 0.05) is 6.20 Å². The third-order valence-electron chi connectivity index (χ3n) is 2.57. The number of nitrogens with zero attached hydrogens (tertiary/aromatic N) is 1. The second-order valence-corrected chi connectivity index (χ2v) is 4.16. The molecule has 0 bridgehead atoms. The van der Waals surface area contributed by atoms with Gasteiger partial charge >= 0.3 is 5.97 Å². The van der Waals surface area contributed by atoms with Gasteiger partial charge < -0.3 is 15.5 Å². The predicted molar refractivity (Wildman–Crippen MR) is 71.6 cm³/mol. The van der Waals surface area contributed by atoms with Crippen molar-refractivity contribution in [1.29, 1.82) is 0 Å². The van der Waals surface area contributed by atoms with Gasteiger partial charge in [-0.3, -0.25) is 9.78 Å². The summed E-state index contributed by atoms with van der Waals surface area (Å²) >= 11 is 0. The van der Waals surface area contributed by atoms with E-state index in [9.17, 15) is 9.59 Å². The van der Waals surface area contributed by atoms with Crippen LogP contribution >= 0.6 is 0 Å². The second-order valence-electron chi connectivity index (χ2n) is 4.16. The Morgan fingerprint density at radius 3 is 2.50 bits per heavy atom. The molecule has 1 aromatic carbocycles. The first-order valence-corrected chi connectivity index (χ1v) is 5.81. The normalized spacial score (nSPS) is 10.0. The summed E-state index contributed by atoms with van der Waals surface area (Å²) in [5, 5.41) is 20.5. The van der Waals surface area contributed by atoms with E-state index in [0.717, 1.165) is 5.56 Å². The van der Waals surface area contributed by atoms with Crippen LogP contribution in [0.25, 0.3) is 0 Å². The Morgan fingerprint density at radius 1 is 1.15 bits per heavy atom. The van der Waals surface area contributed by atoms with E-state index >= 15 is 0 Å². The molecule has 0 aliphatic heterocycles. The van der Waals surface area contributed by atoms with Crippen LogP contribution in [-0.4, -0.2) is 27.1 Å².